The van der Waals surface area contributed by atoms with E-state index in [1.165, 1.54) is 18.4 Å². The zero-order chi connectivity index (χ0) is 12.3. The SMILES string of the molecule is COC(=O)C1CN(Cc2cnc(N)s2)CCO1.Cl. The van der Waals surface area contributed by atoms with Gasteiger partial charge in [0.25, 0.3) is 0 Å². The second-order valence-electron chi connectivity index (χ2n) is 3.78. The molecular formula is C10H16ClN3O3S. The number of methoxy groups -OCH3 is 1. The van der Waals surface area contributed by atoms with Crippen LogP contribution in [0.5, 0.6) is 0 Å². The van der Waals surface area contributed by atoms with Gasteiger partial charge in [-0.25, -0.2) is 9.78 Å². The predicted octanol–water partition coefficient (Wildman–Crippen LogP) is 0.521. The number of hydrogen-bond acceptors (Lipinski definition) is 7. The van der Waals surface area contributed by atoms with Crippen molar-refractivity contribution in [2.45, 2.75) is 12.6 Å². The lowest BCUT2D eigenvalue weighted by Gasteiger charge is -2.30. The number of morpholine rings is 1. The molecular weight excluding hydrogens is 278 g/mol. The van der Waals surface area contributed by atoms with E-state index in [0.717, 1.165) is 18.0 Å². The molecule has 0 radical (unpaired) electrons. The standard InChI is InChI=1S/C10H15N3O3S.ClH/c1-15-9(14)8-6-13(2-3-16-8)5-7-4-12-10(11)17-7;/h4,8H,2-3,5-6H2,1H3,(H2,11,12);1H. The molecule has 0 saturated carbocycles. The summed E-state index contributed by atoms with van der Waals surface area (Å²) in [5, 5.41) is 0.567. The quantitative estimate of drug-likeness (QED) is 0.819. The number of halogens is 1. The summed E-state index contributed by atoms with van der Waals surface area (Å²) in [4.78, 5) is 18.6. The highest BCUT2D eigenvalue weighted by atomic mass is 35.5. The van der Waals surface area contributed by atoms with Crippen LogP contribution in [0, 0.1) is 0 Å². The van der Waals surface area contributed by atoms with Crippen molar-refractivity contribution in [1.82, 2.24) is 9.88 Å². The Morgan fingerprint density at radius 2 is 2.56 bits per heavy atom. The van der Waals surface area contributed by atoms with Crippen LogP contribution in [-0.4, -0.2) is 48.8 Å². The Labute approximate surface area is 115 Å². The van der Waals surface area contributed by atoms with Gasteiger partial charge in [-0.2, -0.15) is 0 Å². The third kappa shape index (κ3) is 3.81. The molecule has 1 aromatic heterocycles. The number of carbonyl (C=O) groups excluding carboxylic acids is 1. The molecule has 1 aliphatic heterocycles. The number of rotatable bonds is 3. The summed E-state index contributed by atoms with van der Waals surface area (Å²) in [5.41, 5.74) is 5.57. The summed E-state index contributed by atoms with van der Waals surface area (Å²) >= 11 is 1.46. The zero-order valence-corrected chi connectivity index (χ0v) is 11.6. The van der Waals surface area contributed by atoms with Crippen LogP contribution in [-0.2, 0) is 20.8 Å². The average molecular weight is 294 g/mol. The van der Waals surface area contributed by atoms with Gasteiger partial charge in [0.15, 0.2) is 11.2 Å². The van der Waals surface area contributed by atoms with Gasteiger partial charge >= 0.3 is 5.97 Å². The molecule has 1 aromatic rings. The maximum Gasteiger partial charge on any atom is 0.336 e. The molecule has 2 rings (SSSR count). The minimum Gasteiger partial charge on any atom is -0.467 e. The molecule has 2 heterocycles. The van der Waals surface area contributed by atoms with Gasteiger partial charge in [-0.1, -0.05) is 0 Å². The first-order chi connectivity index (χ1) is 8.19. The van der Waals surface area contributed by atoms with Crippen LogP contribution in [0.15, 0.2) is 6.20 Å². The lowest BCUT2D eigenvalue weighted by molar-refractivity contribution is -0.159. The first kappa shape index (κ1) is 15.2. The van der Waals surface area contributed by atoms with E-state index in [-0.39, 0.29) is 18.4 Å². The van der Waals surface area contributed by atoms with Gasteiger partial charge in [-0.3, -0.25) is 4.90 Å². The molecule has 1 aliphatic rings. The topological polar surface area (TPSA) is 77.7 Å². The van der Waals surface area contributed by atoms with Crippen molar-refractivity contribution in [3.05, 3.63) is 11.1 Å². The Bertz CT molecular complexity index is 401. The highest BCUT2D eigenvalue weighted by molar-refractivity contribution is 7.15. The van der Waals surface area contributed by atoms with Crippen molar-refractivity contribution in [1.29, 1.82) is 0 Å². The highest BCUT2D eigenvalue weighted by Gasteiger charge is 2.27. The maximum atomic E-state index is 11.4. The van der Waals surface area contributed by atoms with E-state index >= 15 is 0 Å². The van der Waals surface area contributed by atoms with E-state index in [2.05, 4.69) is 14.6 Å². The first-order valence-electron chi connectivity index (χ1n) is 5.31. The third-order valence-electron chi connectivity index (χ3n) is 2.57. The van der Waals surface area contributed by atoms with Crippen LogP contribution in [0.4, 0.5) is 5.13 Å². The fourth-order valence-corrected chi connectivity index (χ4v) is 2.46. The smallest absolute Gasteiger partial charge is 0.336 e. The molecule has 0 aliphatic carbocycles. The minimum atomic E-state index is -0.487. The van der Waals surface area contributed by atoms with Gasteiger partial charge < -0.3 is 15.2 Å². The number of nitrogens with two attached hydrogens (primary N) is 1. The van der Waals surface area contributed by atoms with E-state index in [1.807, 2.05) is 0 Å². The van der Waals surface area contributed by atoms with Crippen LogP contribution in [0.1, 0.15) is 4.88 Å². The number of aromatic nitrogens is 1. The fourth-order valence-electron chi connectivity index (χ4n) is 1.74. The Morgan fingerprint density at radius 1 is 1.78 bits per heavy atom. The molecule has 0 amide bonds. The molecule has 1 unspecified atom stereocenters. The predicted molar refractivity (Wildman–Crippen MR) is 70.8 cm³/mol. The number of esters is 1. The number of carbonyl (C=O) groups is 1. The largest absolute Gasteiger partial charge is 0.467 e. The van der Waals surface area contributed by atoms with Crippen LogP contribution >= 0.6 is 23.7 Å². The van der Waals surface area contributed by atoms with E-state index in [9.17, 15) is 4.79 Å². The first-order valence-corrected chi connectivity index (χ1v) is 6.12. The van der Waals surface area contributed by atoms with Crippen molar-refractivity contribution in [3.8, 4) is 0 Å². The Balaban J connectivity index is 0.00000162. The van der Waals surface area contributed by atoms with E-state index in [0.29, 0.717) is 18.3 Å². The van der Waals surface area contributed by atoms with Crippen LogP contribution < -0.4 is 5.73 Å². The minimum absolute atomic E-state index is 0. The number of thiazole rings is 1. The number of hydrogen-bond donors (Lipinski definition) is 1. The summed E-state index contributed by atoms with van der Waals surface area (Å²) in [5.74, 6) is -0.321. The van der Waals surface area contributed by atoms with Crippen LogP contribution in [0.2, 0.25) is 0 Å². The lowest BCUT2D eigenvalue weighted by atomic mass is 10.2. The lowest BCUT2D eigenvalue weighted by Crippen LogP contribution is -2.45. The molecule has 0 spiro atoms. The number of nitrogens with zero attached hydrogens (tertiary/aromatic N) is 2. The number of ether oxygens (including phenoxy) is 2. The van der Waals surface area contributed by atoms with Crippen molar-refractivity contribution in [3.63, 3.8) is 0 Å². The summed E-state index contributed by atoms with van der Waals surface area (Å²) in [7, 11) is 1.37. The maximum absolute atomic E-state index is 11.4. The summed E-state index contributed by atoms with van der Waals surface area (Å²) in [6.45, 7) is 2.62. The zero-order valence-electron chi connectivity index (χ0n) is 10.00. The third-order valence-corrected chi connectivity index (χ3v) is 3.38. The molecule has 6 nitrogen and oxygen atoms in total. The molecule has 0 aromatic carbocycles. The van der Waals surface area contributed by atoms with Gasteiger partial charge in [0.1, 0.15) is 0 Å². The van der Waals surface area contributed by atoms with Crippen molar-refractivity contribution in [2.75, 3.05) is 32.5 Å². The van der Waals surface area contributed by atoms with E-state index in [4.69, 9.17) is 10.5 Å². The molecule has 102 valence electrons. The van der Waals surface area contributed by atoms with Crippen molar-refractivity contribution in [2.24, 2.45) is 0 Å². The fraction of sp³-hybridized carbons (Fsp3) is 0.600. The molecule has 1 fully saturated rings. The van der Waals surface area contributed by atoms with Gasteiger partial charge in [0.05, 0.1) is 13.7 Å². The average Bonchev–Trinajstić information content (AvgIpc) is 2.74. The number of anilines is 1. The van der Waals surface area contributed by atoms with Gasteiger partial charge in [0, 0.05) is 30.7 Å². The van der Waals surface area contributed by atoms with Crippen molar-refractivity contribution >= 4 is 34.8 Å². The van der Waals surface area contributed by atoms with E-state index in [1.54, 1.807) is 6.20 Å². The molecule has 0 bridgehead atoms. The molecule has 8 heteroatoms. The molecule has 18 heavy (non-hydrogen) atoms. The Hall–Kier alpha value is -0.890. The Morgan fingerprint density at radius 3 is 3.17 bits per heavy atom. The van der Waals surface area contributed by atoms with E-state index < -0.39 is 6.10 Å². The summed E-state index contributed by atoms with van der Waals surface area (Å²) in [6.07, 6.45) is 1.28. The van der Waals surface area contributed by atoms with Gasteiger partial charge in [-0.05, 0) is 0 Å². The van der Waals surface area contributed by atoms with Gasteiger partial charge in [0.2, 0.25) is 0 Å². The highest BCUT2D eigenvalue weighted by Crippen LogP contribution is 2.18. The molecule has 1 atom stereocenters. The molecule has 2 N–H and O–H groups in total. The normalized spacial score (nSPS) is 20.2. The second-order valence-corrected chi connectivity index (χ2v) is 4.93. The molecule has 1 saturated heterocycles. The van der Waals surface area contributed by atoms with Crippen LogP contribution in [0.3, 0.4) is 0 Å². The Kier molecular flexibility index (Phi) is 5.80. The van der Waals surface area contributed by atoms with Crippen molar-refractivity contribution < 1.29 is 14.3 Å². The monoisotopic (exact) mass is 293 g/mol. The summed E-state index contributed by atoms with van der Waals surface area (Å²) in [6, 6.07) is 0. The van der Waals surface area contributed by atoms with Crippen LogP contribution in [0.25, 0.3) is 0 Å². The second kappa shape index (κ2) is 6.89. The number of nitrogen functional groups attached to an aromatic ring is 1. The van der Waals surface area contributed by atoms with Gasteiger partial charge in [-0.15, -0.1) is 23.7 Å². The summed E-state index contributed by atoms with van der Waals surface area (Å²) < 4.78 is 10.0.